The highest BCUT2D eigenvalue weighted by Gasteiger charge is 2.40. The van der Waals surface area contributed by atoms with E-state index in [0.29, 0.717) is 13.2 Å². The van der Waals surface area contributed by atoms with Crippen LogP contribution in [0.5, 0.6) is 0 Å². The predicted molar refractivity (Wildman–Crippen MR) is 164 cm³/mol. The van der Waals surface area contributed by atoms with Gasteiger partial charge in [-0.3, -0.25) is 0 Å². The fourth-order valence-electron chi connectivity index (χ4n) is 2.13. The van der Waals surface area contributed by atoms with Gasteiger partial charge in [-0.25, -0.2) is 0 Å². The SMILES string of the molecule is CC(C)(C)[Si](C)(C)O.CC(C)(C)[Si](C)(O)c1ccccc1.COCCOCO.COCO.OC1CCCCO1. The molecule has 0 radical (unpaired) electrons. The number of aliphatic hydroxyl groups is 3. The molecule has 1 saturated heterocycles. The van der Waals surface area contributed by atoms with Gasteiger partial charge in [0.1, 0.15) is 13.6 Å². The molecule has 39 heavy (non-hydrogen) atoms. The first-order valence-corrected chi connectivity index (χ1v) is 18.8. The van der Waals surface area contributed by atoms with Gasteiger partial charge in [0.2, 0.25) is 8.32 Å². The van der Waals surface area contributed by atoms with Crippen LogP contribution in [0.4, 0.5) is 0 Å². The van der Waals surface area contributed by atoms with E-state index < -0.39 is 22.9 Å². The highest BCUT2D eigenvalue weighted by atomic mass is 28.4. The molecule has 9 nitrogen and oxygen atoms in total. The third-order valence-corrected chi connectivity index (χ3v) is 14.5. The predicted octanol–water partition coefficient (Wildman–Crippen LogP) is 3.93. The molecule has 5 N–H and O–H groups in total. The Hall–Kier alpha value is -0.706. The first-order chi connectivity index (χ1) is 17.8. The Morgan fingerprint density at radius 3 is 1.56 bits per heavy atom. The van der Waals surface area contributed by atoms with Crippen LogP contribution in [0.2, 0.25) is 29.7 Å². The minimum atomic E-state index is -2.28. The molecular weight excluding hydrogens is 536 g/mol. The van der Waals surface area contributed by atoms with Crippen LogP contribution in [-0.2, 0) is 18.9 Å². The molecule has 0 spiro atoms. The second-order valence-electron chi connectivity index (χ2n) is 11.8. The Bertz CT molecular complexity index is 632. The summed E-state index contributed by atoms with van der Waals surface area (Å²) in [7, 11) is -1.13. The Kier molecular flexibility index (Phi) is 25.1. The fraction of sp³-hybridized carbons (Fsp3) is 0.786. The Labute approximate surface area is 240 Å². The summed E-state index contributed by atoms with van der Waals surface area (Å²) in [4.78, 5) is 20.0. The van der Waals surface area contributed by atoms with E-state index >= 15 is 0 Å². The molecule has 1 heterocycles. The van der Waals surface area contributed by atoms with Crippen LogP contribution in [-0.4, -0.2) is 95.5 Å². The first kappa shape index (κ1) is 42.8. The minimum Gasteiger partial charge on any atom is -0.432 e. The maximum atomic E-state index is 10.5. The molecule has 0 saturated carbocycles. The number of hydrogen-bond donors (Lipinski definition) is 5. The molecule has 1 fully saturated rings. The van der Waals surface area contributed by atoms with Gasteiger partial charge in [-0.2, -0.15) is 0 Å². The van der Waals surface area contributed by atoms with E-state index in [0.717, 1.165) is 31.1 Å². The summed E-state index contributed by atoms with van der Waals surface area (Å²) in [6.45, 7) is 19.8. The number of aliphatic hydroxyl groups excluding tert-OH is 3. The van der Waals surface area contributed by atoms with E-state index in [1.807, 2.05) is 50.0 Å². The number of ether oxygens (including phenoxy) is 4. The van der Waals surface area contributed by atoms with Crippen molar-refractivity contribution in [3.8, 4) is 0 Å². The number of methoxy groups -OCH3 is 2. The van der Waals surface area contributed by atoms with Crippen LogP contribution >= 0.6 is 0 Å². The Morgan fingerprint density at radius 2 is 1.31 bits per heavy atom. The number of rotatable bonds is 6. The Morgan fingerprint density at radius 1 is 0.821 bits per heavy atom. The maximum absolute atomic E-state index is 10.5. The van der Waals surface area contributed by atoms with Crippen molar-refractivity contribution in [3.05, 3.63) is 30.3 Å². The first-order valence-electron chi connectivity index (χ1n) is 13.4. The molecule has 234 valence electrons. The molecule has 0 aromatic heterocycles. The van der Waals surface area contributed by atoms with Gasteiger partial charge in [-0.15, -0.1) is 0 Å². The van der Waals surface area contributed by atoms with Crippen LogP contribution in [0.25, 0.3) is 0 Å². The smallest absolute Gasteiger partial charge is 0.222 e. The standard InChI is InChI=1S/C11H18OSi.C6H16OSi.C5H10O2.C4H10O3.C2H6O2/c1-11(2,3)13(4,12)10-8-6-5-7-9-10;1-6(2,3)8(4,5)7;6-5-3-1-2-4-7-5;1-6-2-3-7-4-5;1-4-2-3/h5-9,12H,1-4H3;7H,1-5H3;5-6H,1-4H2;5H,2-4H2,1H3;3H,2H2,1H3. The summed E-state index contributed by atoms with van der Waals surface area (Å²) in [5, 5.41) is 25.6. The van der Waals surface area contributed by atoms with Crippen molar-refractivity contribution < 1.29 is 43.9 Å². The van der Waals surface area contributed by atoms with Gasteiger partial charge in [0.25, 0.3) is 0 Å². The summed E-state index contributed by atoms with van der Waals surface area (Å²) in [5.74, 6) is 0. The molecule has 0 aliphatic carbocycles. The number of hydrogen-bond acceptors (Lipinski definition) is 9. The van der Waals surface area contributed by atoms with E-state index in [4.69, 9.17) is 20.1 Å². The summed E-state index contributed by atoms with van der Waals surface area (Å²) in [6, 6.07) is 10.0. The molecule has 1 aliphatic heterocycles. The van der Waals surface area contributed by atoms with Crippen molar-refractivity contribution in [1.82, 2.24) is 0 Å². The average Bonchev–Trinajstić information content (AvgIpc) is 2.85. The zero-order valence-corrected chi connectivity index (χ0v) is 28.5. The molecule has 1 aromatic rings. The lowest BCUT2D eigenvalue weighted by molar-refractivity contribution is -0.123. The van der Waals surface area contributed by atoms with E-state index in [1.54, 1.807) is 7.11 Å². The normalized spacial score (nSPS) is 16.9. The highest BCUT2D eigenvalue weighted by molar-refractivity contribution is 6.86. The molecule has 2 atom stereocenters. The summed E-state index contributed by atoms with van der Waals surface area (Å²) in [5.41, 5.74) is 0. The second kappa shape index (κ2) is 22.9. The average molecular weight is 597 g/mol. The van der Waals surface area contributed by atoms with Gasteiger partial charge in [-0.1, -0.05) is 71.9 Å². The summed E-state index contributed by atoms with van der Waals surface area (Å²) in [6.07, 6.45) is 2.58. The van der Waals surface area contributed by atoms with Crippen LogP contribution in [0.15, 0.2) is 30.3 Å². The van der Waals surface area contributed by atoms with Crippen molar-refractivity contribution >= 4 is 21.8 Å². The van der Waals surface area contributed by atoms with Gasteiger partial charge in [-0.05, 0) is 54.2 Å². The van der Waals surface area contributed by atoms with Crippen molar-refractivity contribution in [2.45, 2.75) is 96.8 Å². The van der Waals surface area contributed by atoms with E-state index in [-0.39, 0.29) is 23.7 Å². The lowest BCUT2D eigenvalue weighted by Crippen LogP contribution is -2.52. The van der Waals surface area contributed by atoms with Crippen molar-refractivity contribution in [1.29, 1.82) is 0 Å². The molecule has 2 unspecified atom stereocenters. The molecule has 1 aromatic carbocycles. The highest BCUT2D eigenvalue weighted by Crippen LogP contribution is 2.33. The summed E-state index contributed by atoms with van der Waals surface area (Å²) < 4.78 is 18.0. The molecule has 11 heteroatoms. The van der Waals surface area contributed by atoms with Crippen LogP contribution in [0.3, 0.4) is 0 Å². The summed E-state index contributed by atoms with van der Waals surface area (Å²) >= 11 is 0. The maximum Gasteiger partial charge on any atom is 0.222 e. The van der Waals surface area contributed by atoms with Crippen molar-refractivity contribution in [3.63, 3.8) is 0 Å². The van der Waals surface area contributed by atoms with Gasteiger partial charge in [0.05, 0.1) is 13.2 Å². The third-order valence-electron chi connectivity index (χ3n) is 6.44. The molecular formula is C28H60O9Si2. The van der Waals surface area contributed by atoms with Gasteiger partial charge in [0, 0.05) is 20.8 Å². The molecule has 0 amide bonds. The fourth-order valence-corrected chi connectivity index (χ4v) is 3.83. The Balaban J connectivity index is -0.000000438. The monoisotopic (exact) mass is 596 g/mol. The van der Waals surface area contributed by atoms with Crippen LogP contribution in [0.1, 0.15) is 60.8 Å². The van der Waals surface area contributed by atoms with E-state index in [9.17, 15) is 9.59 Å². The molecule has 2 rings (SSSR count). The minimum absolute atomic E-state index is 0.00560. The zero-order chi connectivity index (χ0) is 31.2. The quantitative estimate of drug-likeness (QED) is 0.188. The van der Waals surface area contributed by atoms with Gasteiger partial charge >= 0.3 is 0 Å². The van der Waals surface area contributed by atoms with Crippen LogP contribution < -0.4 is 5.19 Å². The molecule has 0 bridgehead atoms. The lowest BCUT2D eigenvalue weighted by atomic mass is 10.2. The van der Waals surface area contributed by atoms with Gasteiger partial charge < -0.3 is 43.9 Å². The van der Waals surface area contributed by atoms with E-state index in [2.05, 4.69) is 55.8 Å². The van der Waals surface area contributed by atoms with Gasteiger partial charge in [0.15, 0.2) is 14.6 Å². The second-order valence-corrected chi connectivity index (χ2v) is 20.6. The zero-order valence-electron chi connectivity index (χ0n) is 26.5. The lowest BCUT2D eigenvalue weighted by Gasteiger charge is -2.34. The largest absolute Gasteiger partial charge is 0.432 e. The van der Waals surface area contributed by atoms with Crippen LogP contribution in [0, 0.1) is 0 Å². The topological polar surface area (TPSA) is 138 Å². The molecule has 1 aliphatic rings. The third kappa shape index (κ3) is 23.7. The number of benzene rings is 1. The van der Waals surface area contributed by atoms with Crippen molar-refractivity contribution in [2.75, 3.05) is 47.6 Å². The van der Waals surface area contributed by atoms with E-state index in [1.165, 1.54) is 7.11 Å². The van der Waals surface area contributed by atoms with Crippen molar-refractivity contribution in [2.24, 2.45) is 0 Å².